The van der Waals surface area contributed by atoms with E-state index >= 15 is 0 Å². The minimum Gasteiger partial charge on any atom is -0.497 e. The van der Waals surface area contributed by atoms with Crippen molar-refractivity contribution in [2.24, 2.45) is 0 Å². The van der Waals surface area contributed by atoms with Crippen molar-refractivity contribution in [2.45, 2.75) is 12.5 Å². The number of hydrogen-bond donors (Lipinski definition) is 0. The summed E-state index contributed by atoms with van der Waals surface area (Å²) in [5.41, 5.74) is 1.23. The first kappa shape index (κ1) is 21.2. The highest BCUT2D eigenvalue weighted by atomic mass is 35.5. The Morgan fingerprint density at radius 2 is 1.82 bits per heavy atom. The zero-order chi connectivity index (χ0) is 23.1. The van der Waals surface area contributed by atoms with Crippen molar-refractivity contribution in [1.82, 2.24) is 4.90 Å². The van der Waals surface area contributed by atoms with Gasteiger partial charge >= 0.3 is 0 Å². The van der Waals surface area contributed by atoms with Crippen LogP contribution >= 0.6 is 11.6 Å². The molecule has 2 heterocycles. The lowest BCUT2D eigenvalue weighted by Crippen LogP contribution is -2.32. The zero-order valence-electron chi connectivity index (χ0n) is 17.7. The Morgan fingerprint density at radius 1 is 1.06 bits per heavy atom. The number of carbonyl (C=O) groups excluding carboxylic acids is 1. The highest BCUT2D eigenvalue weighted by Crippen LogP contribution is 2.39. The van der Waals surface area contributed by atoms with Crippen LogP contribution in [0.5, 0.6) is 5.75 Å². The predicted molar refractivity (Wildman–Crippen MR) is 123 cm³/mol. The summed E-state index contributed by atoms with van der Waals surface area (Å²) in [6.07, 6.45) is 0.508. The molecular weight excluding hydrogens is 445 g/mol. The lowest BCUT2D eigenvalue weighted by atomic mass is 9.98. The van der Waals surface area contributed by atoms with Crippen LogP contribution in [-0.2, 0) is 6.42 Å². The molecule has 0 spiro atoms. The molecule has 1 aliphatic heterocycles. The van der Waals surface area contributed by atoms with Crippen molar-refractivity contribution in [3.63, 3.8) is 0 Å². The molecule has 3 aromatic carbocycles. The van der Waals surface area contributed by atoms with Gasteiger partial charge in [0.05, 0.1) is 24.1 Å². The van der Waals surface area contributed by atoms with Gasteiger partial charge in [0, 0.05) is 17.1 Å². The maximum Gasteiger partial charge on any atom is 0.290 e. The molecule has 5 rings (SSSR count). The van der Waals surface area contributed by atoms with Crippen molar-refractivity contribution < 1.29 is 18.3 Å². The minimum absolute atomic E-state index is 0.0576. The first-order chi connectivity index (χ1) is 16.0. The molecule has 1 atom stereocenters. The van der Waals surface area contributed by atoms with Crippen LogP contribution in [0.15, 0.2) is 75.9 Å². The molecule has 7 heteroatoms. The third kappa shape index (κ3) is 3.66. The summed E-state index contributed by atoms with van der Waals surface area (Å²) in [6.45, 7) is 0.269. The fraction of sp³-hybridized carbons (Fsp3) is 0.154. The Labute approximate surface area is 194 Å². The van der Waals surface area contributed by atoms with Crippen molar-refractivity contribution >= 4 is 28.5 Å². The van der Waals surface area contributed by atoms with E-state index in [0.717, 1.165) is 11.3 Å². The van der Waals surface area contributed by atoms with E-state index in [2.05, 4.69) is 0 Å². The number of rotatable bonds is 5. The number of nitrogens with zero attached hydrogens (tertiary/aromatic N) is 1. The Hall–Kier alpha value is -3.64. The van der Waals surface area contributed by atoms with Crippen LogP contribution in [0.4, 0.5) is 4.39 Å². The number of amides is 1. The molecule has 0 aliphatic carbocycles. The summed E-state index contributed by atoms with van der Waals surface area (Å²) in [5.74, 6) is -0.269. The number of ether oxygens (including phenoxy) is 1. The molecule has 0 saturated carbocycles. The standard InChI is InChI=1S/C26H19ClFNO4/c1-32-17-9-6-15(7-10-17)12-13-29-23(18-4-2-3-5-20(18)28)22-24(30)19-14-16(27)8-11-21(19)33-25(22)26(29)31/h2-11,14,23H,12-13H2,1H3. The highest BCUT2D eigenvalue weighted by molar-refractivity contribution is 6.31. The molecule has 0 saturated heterocycles. The van der Waals surface area contributed by atoms with Gasteiger partial charge < -0.3 is 14.1 Å². The molecule has 1 unspecified atom stereocenters. The van der Waals surface area contributed by atoms with E-state index in [9.17, 15) is 14.0 Å². The van der Waals surface area contributed by atoms with Crippen molar-refractivity contribution in [1.29, 1.82) is 0 Å². The minimum atomic E-state index is -0.897. The van der Waals surface area contributed by atoms with Crippen LogP contribution in [0.3, 0.4) is 0 Å². The van der Waals surface area contributed by atoms with E-state index in [4.69, 9.17) is 20.8 Å². The quantitative estimate of drug-likeness (QED) is 0.398. The summed E-state index contributed by atoms with van der Waals surface area (Å²) < 4.78 is 25.9. The van der Waals surface area contributed by atoms with Gasteiger partial charge in [0.1, 0.15) is 17.1 Å². The molecule has 0 bridgehead atoms. The van der Waals surface area contributed by atoms with Gasteiger partial charge in [-0.1, -0.05) is 41.9 Å². The average molecular weight is 464 g/mol. The number of methoxy groups -OCH3 is 1. The Kier molecular flexibility index (Phi) is 5.38. The zero-order valence-corrected chi connectivity index (χ0v) is 18.4. The van der Waals surface area contributed by atoms with Crippen LogP contribution in [0, 0.1) is 5.82 Å². The maximum atomic E-state index is 14.9. The smallest absolute Gasteiger partial charge is 0.290 e. The van der Waals surface area contributed by atoms with Gasteiger partial charge in [-0.3, -0.25) is 9.59 Å². The van der Waals surface area contributed by atoms with Crippen LogP contribution in [0.2, 0.25) is 5.02 Å². The highest BCUT2D eigenvalue weighted by Gasteiger charge is 2.43. The van der Waals surface area contributed by atoms with Gasteiger partial charge in [-0.25, -0.2) is 4.39 Å². The van der Waals surface area contributed by atoms with Crippen LogP contribution in [0.1, 0.15) is 33.3 Å². The number of hydrogen-bond acceptors (Lipinski definition) is 4. The first-order valence-electron chi connectivity index (χ1n) is 10.4. The van der Waals surface area contributed by atoms with Crippen LogP contribution < -0.4 is 10.2 Å². The topological polar surface area (TPSA) is 59.8 Å². The molecule has 166 valence electrons. The summed E-state index contributed by atoms with van der Waals surface area (Å²) in [6, 6.07) is 17.4. The normalized spacial score (nSPS) is 15.2. The summed E-state index contributed by atoms with van der Waals surface area (Å²) in [5, 5.41) is 0.630. The molecule has 33 heavy (non-hydrogen) atoms. The summed E-state index contributed by atoms with van der Waals surface area (Å²) in [7, 11) is 1.59. The third-order valence-corrected chi connectivity index (χ3v) is 6.16. The summed E-state index contributed by atoms with van der Waals surface area (Å²) in [4.78, 5) is 28.4. The van der Waals surface area contributed by atoms with Gasteiger partial charge in [-0.05, 0) is 48.4 Å². The number of carbonyl (C=O) groups is 1. The van der Waals surface area contributed by atoms with Crippen molar-refractivity contribution in [3.8, 4) is 5.75 Å². The van der Waals surface area contributed by atoms with Crippen molar-refractivity contribution in [3.05, 3.63) is 110 Å². The van der Waals surface area contributed by atoms with Gasteiger partial charge in [0.2, 0.25) is 5.76 Å². The van der Waals surface area contributed by atoms with Crippen LogP contribution in [0.25, 0.3) is 11.0 Å². The lowest BCUT2D eigenvalue weighted by Gasteiger charge is -2.25. The molecule has 4 aromatic rings. The van der Waals surface area contributed by atoms with E-state index in [1.165, 1.54) is 17.0 Å². The van der Waals surface area contributed by atoms with E-state index < -0.39 is 17.8 Å². The SMILES string of the molecule is COc1ccc(CCN2C(=O)c3oc4ccc(Cl)cc4c(=O)c3C2c2ccccc2F)cc1. The number of halogens is 2. The fourth-order valence-corrected chi connectivity index (χ4v) is 4.46. The van der Waals surface area contributed by atoms with E-state index in [1.54, 1.807) is 37.4 Å². The number of fused-ring (bicyclic) bond motifs is 2. The lowest BCUT2D eigenvalue weighted by molar-refractivity contribution is 0.0728. The Bertz CT molecular complexity index is 1430. The molecule has 0 N–H and O–H groups in total. The molecule has 0 radical (unpaired) electrons. The molecule has 1 aliphatic rings. The Morgan fingerprint density at radius 3 is 2.55 bits per heavy atom. The van der Waals surface area contributed by atoms with Crippen molar-refractivity contribution in [2.75, 3.05) is 13.7 Å². The second kappa shape index (κ2) is 8.37. The predicted octanol–water partition coefficient (Wildman–Crippen LogP) is 5.38. The number of benzene rings is 3. The average Bonchev–Trinajstić information content (AvgIpc) is 3.10. The molecular formula is C26H19ClFNO4. The van der Waals surface area contributed by atoms with Gasteiger partial charge in [0.15, 0.2) is 5.43 Å². The van der Waals surface area contributed by atoms with E-state index in [-0.39, 0.29) is 39.8 Å². The second-order valence-corrected chi connectivity index (χ2v) is 8.27. The molecule has 1 amide bonds. The Balaban J connectivity index is 1.62. The van der Waals surface area contributed by atoms with Crippen LogP contribution in [-0.4, -0.2) is 24.5 Å². The molecule has 5 nitrogen and oxygen atoms in total. The largest absolute Gasteiger partial charge is 0.497 e. The molecule has 1 aromatic heterocycles. The molecule has 0 fully saturated rings. The maximum absolute atomic E-state index is 14.9. The van der Waals surface area contributed by atoms with E-state index in [0.29, 0.717) is 11.4 Å². The van der Waals surface area contributed by atoms with E-state index in [1.807, 2.05) is 24.3 Å². The summed E-state index contributed by atoms with van der Waals surface area (Å²) >= 11 is 6.09. The third-order valence-electron chi connectivity index (χ3n) is 5.93. The second-order valence-electron chi connectivity index (χ2n) is 7.84. The monoisotopic (exact) mass is 463 g/mol. The van der Waals surface area contributed by atoms with Gasteiger partial charge in [0.25, 0.3) is 5.91 Å². The van der Waals surface area contributed by atoms with Gasteiger partial charge in [-0.2, -0.15) is 0 Å². The van der Waals surface area contributed by atoms with Gasteiger partial charge in [-0.15, -0.1) is 0 Å². The fourth-order valence-electron chi connectivity index (χ4n) is 4.29. The first-order valence-corrected chi connectivity index (χ1v) is 10.8.